The zero-order valence-corrected chi connectivity index (χ0v) is 13.0. The molecule has 21 heavy (non-hydrogen) atoms. The Kier molecular flexibility index (Phi) is 4.65. The van der Waals surface area contributed by atoms with Crippen LogP contribution >= 0.6 is 11.6 Å². The smallest absolute Gasteiger partial charge is 0.305 e. The molecule has 0 spiro atoms. The zero-order chi connectivity index (χ0) is 15.6. The molecule has 0 amide bonds. The van der Waals surface area contributed by atoms with Gasteiger partial charge in [0.25, 0.3) is 5.56 Å². The number of aromatic nitrogens is 2. The van der Waals surface area contributed by atoms with Crippen LogP contribution in [0.2, 0.25) is 5.02 Å². The van der Waals surface area contributed by atoms with Gasteiger partial charge in [-0.25, -0.2) is 4.79 Å². The van der Waals surface area contributed by atoms with Crippen molar-refractivity contribution in [2.24, 2.45) is 14.1 Å². The first-order valence-corrected chi connectivity index (χ1v) is 7.02. The summed E-state index contributed by atoms with van der Waals surface area (Å²) in [4.78, 5) is 23.5. The third-order valence-electron chi connectivity index (χ3n) is 3.58. The minimum absolute atomic E-state index is 0.0847. The van der Waals surface area contributed by atoms with Gasteiger partial charge in [-0.1, -0.05) is 23.7 Å². The summed E-state index contributed by atoms with van der Waals surface area (Å²) in [6, 6.07) is 9.13. The van der Waals surface area contributed by atoms with E-state index in [1.54, 1.807) is 7.05 Å². The molecule has 0 aliphatic carbocycles. The van der Waals surface area contributed by atoms with Crippen LogP contribution in [-0.4, -0.2) is 9.13 Å². The minimum Gasteiger partial charge on any atom is -0.305 e. The second kappa shape index (κ2) is 6.28. The second-order valence-electron chi connectivity index (χ2n) is 5.03. The molecule has 5 nitrogen and oxygen atoms in total. The first-order valence-electron chi connectivity index (χ1n) is 6.65. The number of hydrogen-bond acceptors (Lipinski definition) is 3. The summed E-state index contributed by atoms with van der Waals surface area (Å²) in [6.45, 7) is 2.45. The molecule has 1 heterocycles. The van der Waals surface area contributed by atoms with Crippen LogP contribution in [0.1, 0.15) is 24.2 Å². The summed E-state index contributed by atoms with van der Waals surface area (Å²) in [5.74, 6) is 0. The molecule has 1 atom stereocenters. The van der Waals surface area contributed by atoms with Gasteiger partial charge in [0, 0.05) is 43.5 Å². The second-order valence-corrected chi connectivity index (χ2v) is 5.47. The van der Waals surface area contributed by atoms with Gasteiger partial charge in [-0.15, -0.1) is 0 Å². The Morgan fingerprint density at radius 2 is 1.76 bits per heavy atom. The van der Waals surface area contributed by atoms with Crippen LogP contribution in [0.5, 0.6) is 0 Å². The molecule has 2 aromatic rings. The molecular formula is C15H18ClN3O2. The molecule has 0 fully saturated rings. The van der Waals surface area contributed by atoms with Crippen molar-refractivity contribution in [3.63, 3.8) is 0 Å². The number of nitrogens with one attached hydrogen (secondary N) is 1. The summed E-state index contributed by atoms with van der Waals surface area (Å²) in [5, 5.41) is 3.99. The largest absolute Gasteiger partial charge is 0.330 e. The highest BCUT2D eigenvalue weighted by molar-refractivity contribution is 6.30. The molecule has 1 aromatic heterocycles. The molecule has 112 valence electrons. The molecular weight excluding hydrogens is 290 g/mol. The molecule has 0 radical (unpaired) electrons. The van der Waals surface area contributed by atoms with Crippen molar-refractivity contribution < 1.29 is 0 Å². The molecule has 0 saturated heterocycles. The van der Waals surface area contributed by atoms with E-state index < -0.39 is 0 Å². The third kappa shape index (κ3) is 3.43. The fraction of sp³-hybridized carbons (Fsp3) is 0.333. The van der Waals surface area contributed by atoms with Gasteiger partial charge in [0.05, 0.1) is 0 Å². The van der Waals surface area contributed by atoms with Crippen LogP contribution in [0.25, 0.3) is 0 Å². The number of hydrogen-bond donors (Lipinski definition) is 1. The lowest BCUT2D eigenvalue weighted by Gasteiger charge is -2.16. The first kappa shape index (κ1) is 15.5. The van der Waals surface area contributed by atoms with Gasteiger partial charge < -0.3 is 5.32 Å². The van der Waals surface area contributed by atoms with Crippen molar-refractivity contribution in [3.8, 4) is 0 Å². The van der Waals surface area contributed by atoms with Crippen LogP contribution in [0.15, 0.2) is 39.9 Å². The highest BCUT2D eigenvalue weighted by Gasteiger charge is 2.09. The topological polar surface area (TPSA) is 56.0 Å². The molecule has 0 saturated carbocycles. The van der Waals surface area contributed by atoms with Crippen molar-refractivity contribution in [3.05, 3.63) is 67.4 Å². The van der Waals surface area contributed by atoms with Crippen LogP contribution in [0.3, 0.4) is 0 Å². The fourth-order valence-electron chi connectivity index (χ4n) is 2.07. The fourth-order valence-corrected chi connectivity index (χ4v) is 2.20. The van der Waals surface area contributed by atoms with Crippen LogP contribution in [0, 0.1) is 0 Å². The zero-order valence-electron chi connectivity index (χ0n) is 12.3. The summed E-state index contributed by atoms with van der Waals surface area (Å²) in [7, 11) is 3.13. The van der Waals surface area contributed by atoms with Crippen LogP contribution in [-0.2, 0) is 20.6 Å². The van der Waals surface area contributed by atoms with Crippen molar-refractivity contribution >= 4 is 11.6 Å². The molecule has 1 N–H and O–H groups in total. The van der Waals surface area contributed by atoms with Crippen LogP contribution < -0.4 is 16.6 Å². The predicted octanol–water partition coefficient (Wildman–Crippen LogP) is 1.59. The van der Waals surface area contributed by atoms with E-state index in [0.29, 0.717) is 17.3 Å². The van der Waals surface area contributed by atoms with Gasteiger partial charge in [0.2, 0.25) is 0 Å². The molecule has 6 heteroatoms. The number of rotatable bonds is 4. The van der Waals surface area contributed by atoms with Gasteiger partial charge in [-0.05, 0) is 24.6 Å². The molecule has 1 aromatic carbocycles. The lowest BCUT2D eigenvalue weighted by molar-refractivity contribution is 0.540. The Hall–Kier alpha value is -1.85. The summed E-state index contributed by atoms with van der Waals surface area (Å²) in [5.41, 5.74) is 1.13. The molecule has 0 aliphatic rings. The number of benzene rings is 1. The normalized spacial score (nSPS) is 12.4. The lowest BCUT2D eigenvalue weighted by Crippen LogP contribution is -2.39. The molecule has 0 unspecified atom stereocenters. The van der Waals surface area contributed by atoms with Crippen molar-refractivity contribution in [2.45, 2.75) is 19.5 Å². The van der Waals surface area contributed by atoms with Gasteiger partial charge in [-0.2, -0.15) is 0 Å². The number of nitrogens with zero attached hydrogens (tertiary/aromatic N) is 2. The average molecular weight is 308 g/mol. The Balaban J connectivity index is 2.15. The van der Waals surface area contributed by atoms with Crippen molar-refractivity contribution in [1.82, 2.24) is 14.5 Å². The lowest BCUT2D eigenvalue weighted by atomic mass is 10.1. The Morgan fingerprint density at radius 1 is 1.14 bits per heavy atom. The quantitative estimate of drug-likeness (QED) is 0.933. The summed E-state index contributed by atoms with van der Waals surface area (Å²) >= 11 is 5.86. The van der Waals surface area contributed by atoms with E-state index in [1.807, 2.05) is 31.2 Å². The molecule has 0 bridgehead atoms. The predicted molar refractivity (Wildman–Crippen MR) is 83.6 cm³/mol. The third-order valence-corrected chi connectivity index (χ3v) is 3.84. The van der Waals surface area contributed by atoms with E-state index in [2.05, 4.69) is 5.32 Å². The summed E-state index contributed by atoms with van der Waals surface area (Å²) in [6.07, 6.45) is 0. The van der Waals surface area contributed by atoms with Crippen LogP contribution in [0.4, 0.5) is 0 Å². The molecule has 0 aliphatic heterocycles. The van der Waals surface area contributed by atoms with Gasteiger partial charge in [0.1, 0.15) is 0 Å². The van der Waals surface area contributed by atoms with E-state index in [-0.39, 0.29) is 17.3 Å². The maximum Gasteiger partial charge on any atom is 0.330 e. The van der Waals surface area contributed by atoms with Crippen molar-refractivity contribution in [1.29, 1.82) is 0 Å². The Labute approximate surface area is 127 Å². The Morgan fingerprint density at radius 3 is 2.38 bits per heavy atom. The SMILES string of the molecule is C[C@H](NCc1cc(=O)n(C)c(=O)n1C)c1ccc(Cl)cc1. The van der Waals surface area contributed by atoms with E-state index in [9.17, 15) is 9.59 Å². The highest BCUT2D eigenvalue weighted by atomic mass is 35.5. The maximum absolute atomic E-state index is 11.8. The monoisotopic (exact) mass is 307 g/mol. The van der Waals surface area contributed by atoms with E-state index >= 15 is 0 Å². The Bertz CT molecular complexity index is 747. The average Bonchev–Trinajstić information content (AvgIpc) is 2.48. The van der Waals surface area contributed by atoms with E-state index in [1.165, 1.54) is 17.7 Å². The van der Waals surface area contributed by atoms with E-state index in [0.717, 1.165) is 10.1 Å². The van der Waals surface area contributed by atoms with Gasteiger partial charge >= 0.3 is 5.69 Å². The highest BCUT2D eigenvalue weighted by Crippen LogP contribution is 2.16. The maximum atomic E-state index is 11.8. The van der Waals surface area contributed by atoms with Gasteiger partial charge in [0.15, 0.2) is 0 Å². The number of halogens is 1. The summed E-state index contributed by atoms with van der Waals surface area (Å²) < 4.78 is 2.56. The first-order chi connectivity index (χ1) is 9.90. The minimum atomic E-state index is -0.321. The van der Waals surface area contributed by atoms with Crippen molar-refractivity contribution in [2.75, 3.05) is 0 Å². The van der Waals surface area contributed by atoms with E-state index in [4.69, 9.17) is 11.6 Å². The van der Waals surface area contributed by atoms with Gasteiger partial charge in [-0.3, -0.25) is 13.9 Å². The standard InChI is InChI=1S/C15H18ClN3O2/c1-10(11-4-6-12(16)7-5-11)17-9-13-8-14(20)19(3)15(21)18(13)2/h4-8,10,17H,9H2,1-3H3/t10-/m0/s1. The molecule has 2 rings (SSSR count).